The molecule has 0 atom stereocenters. The molecular formula is C21H22Cl2F2N2O5. The number of carbonyl (C=O) groups is 2. The number of nitrogens with one attached hydrogen (secondary N) is 1. The van der Waals surface area contributed by atoms with Gasteiger partial charge >= 0.3 is 12.6 Å². The van der Waals surface area contributed by atoms with Gasteiger partial charge in [-0.25, -0.2) is 0 Å². The molecule has 1 amide bonds. The van der Waals surface area contributed by atoms with Crippen LogP contribution in [0.4, 0.5) is 14.5 Å². The zero-order chi connectivity index (χ0) is 23.5. The van der Waals surface area contributed by atoms with Crippen molar-refractivity contribution in [2.45, 2.75) is 39.2 Å². The molecule has 1 heterocycles. The van der Waals surface area contributed by atoms with E-state index in [0.717, 1.165) is 6.42 Å². The number of anilines is 1. The van der Waals surface area contributed by atoms with E-state index in [9.17, 15) is 18.4 Å². The highest BCUT2D eigenvalue weighted by Crippen LogP contribution is 2.32. The molecule has 0 saturated carbocycles. The van der Waals surface area contributed by atoms with E-state index in [0.29, 0.717) is 19.4 Å². The van der Waals surface area contributed by atoms with Crippen molar-refractivity contribution in [1.29, 1.82) is 0 Å². The van der Waals surface area contributed by atoms with Crippen molar-refractivity contribution >= 4 is 40.8 Å². The molecule has 0 aliphatic rings. The number of halogens is 4. The average Bonchev–Trinajstić information content (AvgIpc) is 2.75. The van der Waals surface area contributed by atoms with Crippen LogP contribution in [-0.4, -0.2) is 36.7 Å². The summed E-state index contributed by atoms with van der Waals surface area (Å²) in [5.74, 6) is -1.16. The van der Waals surface area contributed by atoms with Crippen LogP contribution in [0.25, 0.3) is 0 Å². The van der Waals surface area contributed by atoms with Crippen LogP contribution < -0.4 is 14.8 Å². The van der Waals surface area contributed by atoms with E-state index in [2.05, 4.69) is 15.0 Å². The van der Waals surface area contributed by atoms with Crippen LogP contribution in [0.1, 0.15) is 43.0 Å². The van der Waals surface area contributed by atoms with Gasteiger partial charge in [0.15, 0.2) is 11.5 Å². The van der Waals surface area contributed by atoms with Crippen molar-refractivity contribution in [2.75, 3.05) is 18.5 Å². The Morgan fingerprint density at radius 3 is 2.47 bits per heavy atom. The zero-order valence-corrected chi connectivity index (χ0v) is 18.7. The van der Waals surface area contributed by atoms with Crippen LogP contribution >= 0.6 is 23.2 Å². The lowest BCUT2D eigenvalue weighted by atomic mass is 10.2. The second kappa shape index (κ2) is 13.0. The SMILES string of the molecule is CCCOC(=O)CCCCOc1cc(C(=O)Nc2c(Cl)cncc2Cl)ccc1OC(F)F. The van der Waals surface area contributed by atoms with E-state index in [1.54, 1.807) is 0 Å². The molecule has 0 radical (unpaired) electrons. The van der Waals surface area contributed by atoms with Crippen molar-refractivity contribution in [3.05, 3.63) is 46.2 Å². The molecule has 32 heavy (non-hydrogen) atoms. The maximum atomic E-state index is 12.7. The van der Waals surface area contributed by atoms with Gasteiger partial charge in [0, 0.05) is 24.4 Å². The van der Waals surface area contributed by atoms with E-state index >= 15 is 0 Å². The molecule has 1 aromatic carbocycles. The predicted molar refractivity (Wildman–Crippen MR) is 116 cm³/mol. The van der Waals surface area contributed by atoms with Gasteiger partial charge in [0.25, 0.3) is 5.91 Å². The quantitative estimate of drug-likeness (QED) is 0.301. The molecular weight excluding hydrogens is 469 g/mol. The highest BCUT2D eigenvalue weighted by Gasteiger charge is 2.17. The fraction of sp³-hybridized carbons (Fsp3) is 0.381. The summed E-state index contributed by atoms with van der Waals surface area (Å²) in [5.41, 5.74) is 0.271. The second-order valence-electron chi connectivity index (χ2n) is 6.50. The Balaban J connectivity index is 2.04. The minimum atomic E-state index is -3.07. The first-order valence-corrected chi connectivity index (χ1v) is 10.5. The van der Waals surface area contributed by atoms with Crippen molar-refractivity contribution in [1.82, 2.24) is 4.98 Å². The van der Waals surface area contributed by atoms with Crippen molar-refractivity contribution in [3.63, 3.8) is 0 Å². The lowest BCUT2D eigenvalue weighted by Crippen LogP contribution is -2.14. The van der Waals surface area contributed by atoms with Gasteiger partial charge in [-0.15, -0.1) is 0 Å². The Kier molecular flexibility index (Phi) is 10.4. The topological polar surface area (TPSA) is 86.8 Å². The van der Waals surface area contributed by atoms with Crippen LogP contribution in [0.2, 0.25) is 10.0 Å². The summed E-state index contributed by atoms with van der Waals surface area (Å²) in [7, 11) is 0. The summed E-state index contributed by atoms with van der Waals surface area (Å²) < 4.78 is 40.4. The molecule has 11 heteroatoms. The van der Waals surface area contributed by atoms with Crippen LogP contribution in [0.15, 0.2) is 30.6 Å². The molecule has 0 saturated heterocycles. The molecule has 0 aliphatic heterocycles. The maximum absolute atomic E-state index is 12.7. The number of hydrogen-bond acceptors (Lipinski definition) is 6. The number of amides is 1. The number of pyridine rings is 1. The van der Waals surface area contributed by atoms with E-state index in [-0.39, 0.29) is 51.8 Å². The average molecular weight is 491 g/mol. The number of nitrogens with zero attached hydrogens (tertiary/aromatic N) is 1. The highest BCUT2D eigenvalue weighted by atomic mass is 35.5. The third-order valence-corrected chi connectivity index (χ3v) is 4.59. The van der Waals surface area contributed by atoms with Gasteiger partial charge in [0.2, 0.25) is 0 Å². The number of rotatable bonds is 12. The Labute approximate surface area is 194 Å². The molecule has 1 N–H and O–H groups in total. The van der Waals surface area contributed by atoms with Gasteiger partial charge in [-0.3, -0.25) is 14.6 Å². The smallest absolute Gasteiger partial charge is 0.387 e. The zero-order valence-electron chi connectivity index (χ0n) is 17.2. The molecule has 7 nitrogen and oxygen atoms in total. The Bertz CT molecular complexity index is 911. The number of hydrogen-bond donors (Lipinski definition) is 1. The molecule has 0 spiro atoms. The lowest BCUT2D eigenvalue weighted by molar-refractivity contribution is -0.143. The highest BCUT2D eigenvalue weighted by molar-refractivity contribution is 6.39. The Morgan fingerprint density at radius 1 is 1.09 bits per heavy atom. The van der Waals surface area contributed by atoms with Crippen LogP contribution in [0, 0.1) is 0 Å². The van der Waals surface area contributed by atoms with E-state index in [4.69, 9.17) is 32.7 Å². The van der Waals surface area contributed by atoms with Crippen molar-refractivity contribution in [2.24, 2.45) is 0 Å². The molecule has 0 bridgehead atoms. The summed E-state index contributed by atoms with van der Waals surface area (Å²) in [6, 6.07) is 3.77. The first-order chi connectivity index (χ1) is 15.3. The van der Waals surface area contributed by atoms with Crippen LogP contribution in [0.5, 0.6) is 11.5 Å². The number of carbonyl (C=O) groups excluding carboxylic acids is 2. The second-order valence-corrected chi connectivity index (χ2v) is 7.31. The first kappa shape index (κ1) is 25.6. The fourth-order valence-electron chi connectivity index (χ4n) is 2.51. The molecule has 0 unspecified atom stereocenters. The predicted octanol–water partition coefficient (Wildman–Crippen LogP) is 5.74. The van der Waals surface area contributed by atoms with E-state index in [1.165, 1.54) is 30.6 Å². The van der Waals surface area contributed by atoms with Gasteiger partial charge in [0.1, 0.15) is 0 Å². The van der Waals surface area contributed by atoms with E-state index < -0.39 is 12.5 Å². The first-order valence-electron chi connectivity index (χ1n) is 9.79. The molecule has 1 aromatic heterocycles. The van der Waals surface area contributed by atoms with Crippen molar-refractivity contribution in [3.8, 4) is 11.5 Å². The minimum Gasteiger partial charge on any atom is -0.490 e. The summed E-state index contributed by atoms with van der Waals surface area (Å²) in [4.78, 5) is 27.9. The summed E-state index contributed by atoms with van der Waals surface area (Å²) in [5, 5.41) is 2.82. The maximum Gasteiger partial charge on any atom is 0.387 e. The number of aromatic nitrogens is 1. The van der Waals surface area contributed by atoms with Crippen LogP contribution in [0.3, 0.4) is 0 Å². The standard InChI is InChI=1S/C21H22Cl2F2N2O5/c1-2-8-31-18(28)5-3-4-9-30-17-10-13(6-7-16(17)32-21(24)25)20(29)27-19-14(22)11-26-12-15(19)23/h6-7,10-12,21H,2-5,8-9H2,1H3,(H,26,27,29). The fourth-order valence-corrected chi connectivity index (χ4v) is 2.97. The number of alkyl halides is 2. The van der Waals surface area contributed by atoms with Gasteiger partial charge in [-0.2, -0.15) is 8.78 Å². The van der Waals surface area contributed by atoms with Crippen molar-refractivity contribution < 1.29 is 32.6 Å². The molecule has 0 aliphatic carbocycles. The van der Waals surface area contributed by atoms with Gasteiger partial charge in [0.05, 0.1) is 28.9 Å². The normalized spacial score (nSPS) is 10.7. The molecule has 2 aromatic rings. The third-order valence-electron chi connectivity index (χ3n) is 4.01. The van der Waals surface area contributed by atoms with Crippen LogP contribution in [-0.2, 0) is 9.53 Å². The monoisotopic (exact) mass is 490 g/mol. The molecule has 2 rings (SSSR count). The summed E-state index contributed by atoms with van der Waals surface area (Å²) >= 11 is 12.0. The lowest BCUT2D eigenvalue weighted by Gasteiger charge is -2.14. The summed E-state index contributed by atoms with van der Waals surface area (Å²) in [6.45, 7) is -0.684. The molecule has 0 fully saturated rings. The third kappa shape index (κ3) is 8.12. The molecule has 174 valence electrons. The van der Waals surface area contributed by atoms with E-state index in [1.807, 2.05) is 6.92 Å². The minimum absolute atomic E-state index is 0.0431. The number of ether oxygens (including phenoxy) is 3. The number of esters is 1. The number of benzene rings is 1. The number of unbranched alkanes of at least 4 members (excludes halogenated alkanes) is 1. The largest absolute Gasteiger partial charge is 0.490 e. The van der Waals surface area contributed by atoms with Gasteiger partial charge in [-0.05, 0) is 37.5 Å². The Hall–Kier alpha value is -2.65. The summed E-state index contributed by atoms with van der Waals surface area (Å²) in [6.07, 6.45) is 4.55. The Morgan fingerprint density at radius 2 is 1.81 bits per heavy atom. The van der Waals surface area contributed by atoms with Gasteiger partial charge < -0.3 is 19.5 Å². The van der Waals surface area contributed by atoms with Gasteiger partial charge in [-0.1, -0.05) is 30.1 Å².